The molecule has 0 unspecified atom stereocenters. The highest BCUT2D eigenvalue weighted by molar-refractivity contribution is 7.12. The van der Waals surface area contributed by atoms with Crippen molar-refractivity contribution in [1.29, 1.82) is 0 Å². The number of nitrogens with zero attached hydrogens (tertiary/aromatic N) is 4. The number of piperazine rings is 1. The number of anilines is 1. The topological polar surface area (TPSA) is 49.3 Å². The van der Waals surface area contributed by atoms with E-state index in [0.29, 0.717) is 48.9 Å². The van der Waals surface area contributed by atoms with Crippen LogP contribution in [0.2, 0.25) is 0 Å². The minimum Gasteiger partial charge on any atom is -0.353 e. The maximum absolute atomic E-state index is 13.4. The summed E-state index contributed by atoms with van der Waals surface area (Å²) in [7, 11) is 0. The van der Waals surface area contributed by atoms with E-state index in [2.05, 4.69) is 9.88 Å². The second-order valence-corrected chi connectivity index (χ2v) is 9.88. The molecule has 5 nitrogen and oxygen atoms in total. The molecule has 5 rings (SSSR count). The van der Waals surface area contributed by atoms with E-state index in [9.17, 15) is 18.0 Å². The van der Waals surface area contributed by atoms with E-state index in [1.807, 2.05) is 59.7 Å². The first-order valence-corrected chi connectivity index (χ1v) is 12.8. The molecule has 0 N–H and O–H groups in total. The highest BCUT2D eigenvalue weighted by Gasteiger charge is 2.31. The third-order valence-corrected chi connectivity index (χ3v) is 7.32. The van der Waals surface area contributed by atoms with Gasteiger partial charge >= 0.3 is 6.18 Å². The number of thiophene rings is 1. The molecule has 4 aromatic rings. The molecule has 2 aromatic carbocycles. The molecule has 37 heavy (non-hydrogen) atoms. The molecule has 0 spiro atoms. The van der Waals surface area contributed by atoms with Gasteiger partial charge in [0.15, 0.2) is 5.82 Å². The number of hydrogen-bond donors (Lipinski definition) is 0. The van der Waals surface area contributed by atoms with E-state index in [0.717, 1.165) is 29.0 Å². The van der Waals surface area contributed by atoms with E-state index in [-0.39, 0.29) is 11.7 Å². The first kappa shape index (κ1) is 25.0. The number of aryl methyl sites for hydroxylation is 1. The summed E-state index contributed by atoms with van der Waals surface area (Å²) in [5.74, 6) is 0.974. The van der Waals surface area contributed by atoms with Crippen LogP contribution in [-0.2, 0) is 12.6 Å². The van der Waals surface area contributed by atoms with Crippen LogP contribution in [0.25, 0.3) is 11.4 Å². The Morgan fingerprint density at radius 1 is 0.946 bits per heavy atom. The number of alkyl halides is 3. The first-order valence-electron chi connectivity index (χ1n) is 12.0. The third kappa shape index (κ3) is 5.51. The maximum atomic E-state index is 13.4. The van der Waals surface area contributed by atoms with E-state index in [1.165, 1.54) is 17.4 Å². The fraction of sp³-hybridized carbons (Fsp3) is 0.250. The van der Waals surface area contributed by atoms with Crippen molar-refractivity contribution in [3.05, 3.63) is 99.4 Å². The minimum atomic E-state index is -4.45. The molecule has 1 aliphatic rings. The fourth-order valence-corrected chi connectivity index (χ4v) is 5.18. The smallest absolute Gasteiger partial charge is 0.353 e. The number of carbonyl (C=O) groups excluding carboxylic acids is 1. The Bertz CT molecular complexity index is 1380. The number of benzene rings is 2. The van der Waals surface area contributed by atoms with Crippen molar-refractivity contribution in [3.8, 4) is 11.4 Å². The average Bonchev–Trinajstić information content (AvgIpc) is 3.45. The Morgan fingerprint density at radius 2 is 1.70 bits per heavy atom. The molecule has 1 aliphatic heterocycles. The predicted octanol–water partition coefficient (Wildman–Crippen LogP) is 6.09. The van der Waals surface area contributed by atoms with E-state index in [4.69, 9.17) is 4.98 Å². The molecular weight excluding hydrogens is 497 g/mol. The van der Waals surface area contributed by atoms with Crippen LogP contribution < -0.4 is 4.90 Å². The number of carbonyl (C=O) groups is 1. The van der Waals surface area contributed by atoms with Gasteiger partial charge in [-0.25, -0.2) is 9.97 Å². The molecule has 0 bridgehead atoms. The van der Waals surface area contributed by atoms with Crippen LogP contribution in [0.3, 0.4) is 0 Å². The van der Waals surface area contributed by atoms with Crippen molar-refractivity contribution >= 4 is 23.1 Å². The van der Waals surface area contributed by atoms with Gasteiger partial charge in [0.2, 0.25) is 0 Å². The summed E-state index contributed by atoms with van der Waals surface area (Å²) in [6.07, 6.45) is -3.86. The second kappa shape index (κ2) is 10.3. The molecule has 1 amide bonds. The third-order valence-electron chi connectivity index (χ3n) is 6.46. The van der Waals surface area contributed by atoms with Gasteiger partial charge in [0.25, 0.3) is 5.91 Å². The molecule has 3 heterocycles. The van der Waals surface area contributed by atoms with Crippen LogP contribution in [0.15, 0.2) is 72.1 Å². The van der Waals surface area contributed by atoms with Gasteiger partial charge in [0.1, 0.15) is 5.82 Å². The van der Waals surface area contributed by atoms with Gasteiger partial charge in [-0.3, -0.25) is 4.79 Å². The van der Waals surface area contributed by atoms with Gasteiger partial charge in [-0.05, 0) is 36.1 Å². The Morgan fingerprint density at radius 3 is 2.38 bits per heavy atom. The van der Waals surface area contributed by atoms with Gasteiger partial charge < -0.3 is 9.80 Å². The Hall–Kier alpha value is -3.72. The van der Waals surface area contributed by atoms with Gasteiger partial charge in [-0.2, -0.15) is 13.2 Å². The lowest BCUT2D eigenvalue weighted by molar-refractivity contribution is -0.137. The van der Waals surface area contributed by atoms with E-state index in [1.54, 1.807) is 6.07 Å². The summed E-state index contributed by atoms with van der Waals surface area (Å²) in [6, 6.07) is 18.8. The number of hydrogen-bond acceptors (Lipinski definition) is 5. The van der Waals surface area contributed by atoms with E-state index < -0.39 is 11.7 Å². The second-order valence-electron chi connectivity index (χ2n) is 8.93. The van der Waals surface area contributed by atoms with Crippen LogP contribution in [0.5, 0.6) is 0 Å². The lowest BCUT2D eigenvalue weighted by Gasteiger charge is -2.36. The zero-order valence-electron chi connectivity index (χ0n) is 20.2. The first-order chi connectivity index (χ1) is 17.8. The molecule has 0 radical (unpaired) electrons. The van der Waals surface area contributed by atoms with Crippen molar-refractivity contribution in [2.75, 3.05) is 31.1 Å². The quantitative estimate of drug-likeness (QED) is 0.319. The normalized spacial score (nSPS) is 14.2. The standard InChI is InChI=1S/C28H25F3N4OS/c1-19-23(17-20-7-3-2-4-8-20)26(33-25(32-19)21-9-5-10-22(18-21)28(29,30)31)34-12-14-35(15-13-34)27(36)24-11-6-16-37-24/h2-11,16,18H,12-15,17H2,1H3. The Balaban J connectivity index is 1.49. The predicted molar refractivity (Wildman–Crippen MR) is 139 cm³/mol. The zero-order chi connectivity index (χ0) is 26.0. The summed E-state index contributed by atoms with van der Waals surface area (Å²) in [6.45, 7) is 4.07. The van der Waals surface area contributed by atoms with Gasteiger partial charge in [-0.15, -0.1) is 11.3 Å². The van der Waals surface area contributed by atoms with Crippen molar-refractivity contribution in [3.63, 3.8) is 0 Å². The Kier molecular flexibility index (Phi) is 6.97. The van der Waals surface area contributed by atoms with Crippen LogP contribution in [0, 0.1) is 6.92 Å². The number of halogens is 3. The molecule has 0 saturated carbocycles. The van der Waals surface area contributed by atoms with Gasteiger partial charge in [0.05, 0.1) is 10.4 Å². The summed E-state index contributed by atoms with van der Waals surface area (Å²) in [4.78, 5) is 26.9. The molecule has 190 valence electrons. The summed E-state index contributed by atoms with van der Waals surface area (Å²) < 4.78 is 40.1. The molecule has 0 atom stereocenters. The van der Waals surface area contributed by atoms with Crippen molar-refractivity contribution in [1.82, 2.24) is 14.9 Å². The number of rotatable bonds is 5. The molecule has 0 aliphatic carbocycles. The molecule has 9 heteroatoms. The zero-order valence-corrected chi connectivity index (χ0v) is 21.0. The van der Waals surface area contributed by atoms with Crippen molar-refractivity contribution in [2.24, 2.45) is 0 Å². The monoisotopic (exact) mass is 522 g/mol. The van der Waals surface area contributed by atoms with Crippen molar-refractivity contribution in [2.45, 2.75) is 19.5 Å². The highest BCUT2D eigenvalue weighted by Crippen LogP contribution is 2.33. The van der Waals surface area contributed by atoms with Gasteiger partial charge in [0, 0.05) is 49.4 Å². The Labute approximate surface area is 217 Å². The van der Waals surface area contributed by atoms with Gasteiger partial charge in [-0.1, -0.05) is 48.5 Å². The SMILES string of the molecule is Cc1nc(-c2cccc(C(F)(F)F)c2)nc(N2CCN(C(=O)c3cccs3)CC2)c1Cc1ccccc1. The lowest BCUT2D eigenvalue weighted by Crippen LogP contribution is -2.49. The van der Waals surface area contributed by atoms with E-state index >= 15 is 0 Å². The van der Waals surface area contributed by atoms with Crippen molar-refractivity contribution < 1.29 is 18.0 Å². The number of aromatic nitrogens is 2. The van der Waals surface area contributed by atoms with Crippen LogP contribution in [-0.4, -0.2) is 47.0 Å². The highest BCUT2D eigenvalue weighted by atomic mass is 32.1. The molecule has 1 saturated heterocycles. The van der Waals surface area contributed by atoms with Crippen LogP contribution >= 0.6 is 11.3 Å². The number of amides is 1. The largest absolute Gasteiger partial charge is 0.416 e. The fourth-order valence-electron chi connectivity index (χ4n) is 4.49. The summed E-state index contributed by atoms with van der Waals surface area (Å²) in [5.41, 5.74) is 2.32. The van der Waals surface area contributed by atoms with Crippen LogP contribution in [0.4, 0.5) is 19.0 Å². The lowest BCUT2D eigenvalue weighted by atomic mass is 10.0. The minimum absolute atomic E-state index is 0.0164. The summed E-state index contributed by atoms with van der Waals surface area (Å²) in [5, 5.41) is 1.89. The molecule has 1 fully saturated rings. The molecular formula is C28H25F3N4OS. The maximum Gasteiger partial charge on any atom is 0.416 e. The summed E-state index contributed by atoms with van der Waals surface area (Å²) >= 11 is 1.42. The van der Waals surface area contributed by atoms with Crippen LogP contribution in [0.1, 0.15) is 32.1 Å². The average molecular weight is 523 g/mol. The molecule has 2 aromatic heterocycles.